The summed E-state index contributed by atoms with van der Waals surface area (Å²) in [5, 5.41) is 8.79. The number of benzene rings is 1. The number of morpholine rings is 1. The number of rotatable bonds is 8. The molecule has 8 heteroatoms. The average molecular weight is 344 g/mol. The average Bonchev–Trinajstić information content (AvgIpc) is 2.46. The zero-order valence-corrected chi connectivity index (χ0v) is 13.5. The molecule has 2 rings (SSSR count). The molecule has 1 heterocycles. The zero-order chi connectivity index (χ0) is 17.5. The summed E-state index contributed by atoms with van der Waals surface area (Å²) < 4.78 is 34.6. The van der Waals surface area contributed by atoms with Crippen LogP contribution < -0.4 is 4.74 Å². The number of aliphatic carboxylic acids is 1. The van der Waals surface area contributed by atoms with Crippen molar-refractivity contribution in [1.82, 2.24) is 9.80 Å². The predicted octanol–water partition coefficient (Wildman–Crippen LogP) is 1.51. The lowest BCUT2D eigenvalue weighted by atomic mass is 10.1. The molecule has 0 radical (unpaired) electrons. The van der Waals surface area contributed by atoms with Crippen LogP contribution in [-0.2, 0) is 16.1 Å². The molecule has 1 aromatic carbocycles. The number of carboxylic acids is 1. The van der Waals surface area contributed by atoms with E-state index < -0.39 is 12.6 Å². The maximum atomic E-state index is 12.3. The molecule has 1 atom stereocenters. The highest BCUT2D eigenvalue weighted by Crippen LogP contribution is 2.18. The minimum absolute atomic E-state index is 0.0348. The smallest absolute Gasteiger partial charge is 0.387 e. The molecule has 1 aliphatic rings. The number of likely N-dealkylation sites (N-methyl/N-ethyl adjacent to an activating group) is 1. The third kappa shape index (κ3) is 6.38. The molecule has 24 heavy (non-hydrogen) atoms. The topological polar surface area (TPSA) is 62.2 Å². The van der Waals surface area contributed by atoms with E-state index in [1.54, 1.807) is 24.1 Å². The molecular weight excluding hydrogens is 322 g/mol. The molecule has 1 N–H and O–H groups in total. The van der Waals surface area contributed by atoms with E-state index in [9.17, 15) is 13.6 Å². The van der Waals surface area contributed by atoms with Gasteiger partial charge in [0.2, 0.25) is 0 Å². The Labute approximate surface area is 139 Å². The van der Waals surface area contributed by atoms with Crippen LogP contribution >= 0.6 is 0 Å². The Balaban J connectivity index is 1.87. The fourth-order valence-corrected chi connectivity index (χ4v) is 2.76. The minimum Gasteiger partial charge on any atom is -0.480 e. The van der Waals surface area contributed by atoms with Crippen LogP contribution in [0.2, 0.25) is 0 Å². The van der Waals surface area contributed by atoms with Gasteiger partial charge in [-0.05, 0) is 24.7 Å². The Morgan fingerprint density at radius 2 is 2.33 bits per heavy atom. The summed E-state index contributed by atoms with van der Waals surface area (Å²) in [7, 11) is 1.74. The quantitative estimate of drug-likeness (QED) is 0.771. The lowest BCUT2D eigenvalue weighted by Gasteiger charge is -2.34. The van der Waals surface area contributed by atoms with Gasteiger partial charge >= 0.3 is 12.6 Å². The van der Waals surface area contributed by atoms with Gasteiger partial charge in [-0.3, -0.25) is 14.6 Å². The monoisotopic (exact) mass is 344 g/mol. The lowest BCUT2D eigenvalue weighted by molar-refractivity contribution is -0.138. The SMILES string of the molecule is CN(CC(=O)O)CC1CN(Cc2cccc(OC(F)F)c2)CCO1. The second-order valence-electron chi connectivity index (χ2n) is 5.84. The molecule has 0 saturated carbocycles. The summed E-state index contributed by atoms with van der Waals surface area (Å²) in [4.78, 5) is 14.6. The highest BCUT2D eigenvalue weighted by atomic mass is 19.3. The first-order valence-electron chi connectivity index (χ1n) is 7.70. The molecule has 1 unspecified atom stereocenters. The first kappa shape index (κ1) is 18.6. The largest absolute Gasteiger partial charge is 0.480 e. The Morgan fingerprint density at radius 3 is 3.04 bits per heavy atom. The number of carboxylic acid groups (broad SMARTS) is 1. The second-order valence-corrected chi connectivity index (χ2v) is 5.84. The second kappa shape index (κ2) is 8.91. The summed E-state index contributed by atoms with van der Waals surface area (Å²) in [5.41, 5.74) is 0.882. The number of carbonyl (C=O) groups is 1. The zero-order valence-electron chi connectivity index (χ0n) is 13.5. The Morgan fingerprint density at radius 1 is 1.54 bits per heavy atom. The number of hydrogen-bond acceptors (Lipinski definition) is 5. The summed E-state index contributed by atoms with van der Waals surface area (Å²) in [6, 6.07) is 6.65. The van der Waals surface area contributed by atoms with Gasteiger partial charge in [0.25, 0.3) is 0 Å². The molecule has 0 spiro atoms. The fraction of sp³-hybridized carbons (Fsp3) is 0.562. The molecule has 1 aliphatic heterocycles. The van der Waals surface area contributed by atoms with Crippen molar-refractivity contribution in [1.29, 1.82) is 0 Å². The molecule has 6 nitrogen and oxygen atoms in total. The van der Waals surface area contributed by atoms with Crippen molar-refractivity contribution in [3.8, 4) is 5.75 Å². The third-order valence-corrected chi connectivity index (χ3v) is 3.67. The minimum atomic E-state index is -2.84. The van der Waals surface area contributed by atoms with Crippen LogP contribution in [-0.4, -0.2) is 73.4 Å². The van der Waals surface area contributed by atoms with Crippen LogP contribution in [0.5, 0.6) is 5.75 Å². The van der Waals surface area contributed by atoms with E-state index in [-0.39, 0.29) is 18.4 Å². The number of halogens is 2. The van der Waals surface area contributed by atoms with Crippen molar-refractivity contribution in [3.05, 3.63) is 29.8 Å². The van der Waals surface area contributed by atoms with Gasteiger partial charge in [-0.2, -0.15) is 8.78 Å². The molecular formula is C16H22F2N2O4. The fourth-order valence-electron chi connectivity index (χ4n) is 2.76. The van der Waals surface area contributed by atoms with Crippen LogP contribution in [0, 0.1) is 0 Å². The van der Waals surface area contributed by atoms with E-state index in [4.69, 9.17) is 9.84 Å². The summed E-state index contributed by atoms with van der Waals surface area (Å²) in [5.74, 6) is -0.727. The summed E-state index contributed by atoms with van der Waals surface area (Å²) >= 11 is 0. The number of alkyl halides is 2. The van der Waals surface area contributed by atoms with E-state index in [0.29, 0.717) is 26.2 Å². The first-order chi connectivity index (χ1) is 11.4. The van der Waals surface area contributed by atoms with Gasteiger partial charge in [0, 0.05) is 26.2 Å². The Bertz CT molecular complexity index is 545. The van der Waals surface area contributed by atoms with Gasteiger partial charge in [-0.25, -0.2) is 0 Å². The maximum absolute atomic E-state index is 12.3. The molecule has 0 aromatic heterocycles. The van der Waals surface area contributed by atoms with Gasteiger partial charge in [0.05, 0.1) is 19.3 Å². The molecule has 0 aliphatic carbocycles. The number of ether oxygens (including phenoxy) is 2. The van der Waals surface area contributed by atoms with Crippen LogP contribution in [0.4, 0.5) is 8.78 Å². The van der Waals surface area contributed by atoms with Crippen molar-refractivity contribution in [3.63, 3.8) is 0 Å². The van der Waals surface area contributed by atoms with Crippen LogP contribution in [0.1, 0.15) is 5.56 Å². The van der Waals surface area contributed by atoms with E-state index >= 15 is 0 Å². The lowest BCUT2D eigenvalue weighted by Crippen LogP contribution is -2.47. The van der Waals surface area contributed by atoms with E-state index in [0.717, 1.165) is 12.1 Å². The first-order valence-corrected chi connectivity index (χ1v) is 7.70. The number of nitrogens with zero attached hydrogens (tertiary/aromatic N) is 2. The summed E-state index contributed by atoms with van der Waals surface area (Å²) in [6.45, 7) is 0.201. The van der Waals surface area contributed by atoms with Gasteiger partial charge in [-0.1, -0.05) is 12.1 Å². The Kier molecular flexibility index (Phi) is 6.89. The standard InChI is InChI=1S/C16H22F2N2O4/c1-19(11-15(21)22)9-14-10-20(5-6-23-14)8-12-3-2-4-13(7-12)24-16(17)18/h2-4,7,14,16H,5-6,8-11H2,1H3,(H,21,22). The van der Waals surface area contributed by atoms with E-state index in [1.807, 2.05) is 6.07 Å². The van der Waals surface area contributed by atoms with Gasteiger partial charge in [0.1, 0.15) is 5.75 Å². The molecule has 0 bridgehead atoms. The van der Waals surface area contributed by atoms with Gasteiger partial charge < -0.3 is 14.6 Å². The Hall–Kier alpha value is -1.77. The van der Waals surface area contributed by atoms with Crippen molar-refractivity contribution >= 4 is 5.97 Å². The van der Waals surface area contributed by atoms with E-state index in [1.165, 1.54) is 6.07 Å². The van der Waals surface area contributed by atoms with Crippen LogP contribution in [0.3, 0.4) is 0 Å². The van der Waals surface area contributed by atoms with Crippen LogP contribution in [0.25, 0.3) is 0 Å². The molecule has 1 aromatic rings. The van der Waals surface area contributed by atoms with Crippen molar-refractivity contribution < 1.29 is 28.2 Å². The normalized spacial score (nSPS) is 19.0. The van der Waals surface area contributed by atoms with Crippen LogP contribution in [0.15, 0.2) is 24.3 Å². The molecule has 1 fully saturated rings. The highest BCUT2D eigenvalue weighted by Gasteiger charge is 2.22. The summed E-state index contributed by atoms with van der Waals surface area (Å²) in [6.07, 6.45) is -0.0800. The van der Waals surface area contributed by atoms with Gasteiger partial charge in [0.15, 0.2) is 0 Å². The number of hydrogen-bond donors (Lipinski definition) is 1. The van der Waals surface area contributed by atoms with Crippen molar-refractivity contribution in [2.45, 2.75) is 19.3 Å². The molecule has 0 amide bonds. The molecule has 1 saturated heterocycles. The van der Waals surface area contributed by atoms with Gasteiger partial charge in [-0.15, -0.1) is 0 Å². The van der Waals surface area contributed by atoms with E-state index in [2.05, 4.69) is 9.64 Å². The van der Waals surface area contributed by atoms with Crippen molar-refractivity contribution in [2.75, 3.05) is 39.8 Å². The third-order valence-electron chi connectivity index (χ3n) is 3.67. The molecule has 134 valence electrons. The maximum Gasteiger partial charge on any atom is 0.387 e. The predicted molar refractivity (Wildman–Crippen MR) is 83.2 cm³/mol. The van der Waals surface area contributed by atoms with Crippen molar-refractivity contribution in [2.24, 2.45) is 0 Å². The highest BCUT2D eigenvalue weighted by molar-refractivity contribution is 5.69.